The first-order chi connectivity index (χ1) is 8.76. The third-order valence-electron chi connectivity index (χ3n) is 4.06. The Morgan fingerprint density at radius 3 is 2.11 bits per heavy atom. The van der Waals surface area contributed by atoms with Crippen LogP contribution in [-0.2, 0) is 0 Å². The van der Waals surface area contributed by atoms with Crippen LogP contribution in [0.4, 0.5) is 0 Å². The quantitative estimate of drug-likeness (QED) is 0.642. The molecule has 0 aromatic carbocycles. The molecule has 1 saturated heterocycles. The number of unbranched alkanes of at least 4 members (excludes halogenated alkanes) is 2. The summed E-state index contributed by atoms with van der Waals surface area (Å²) in [6.45, 7) is 11.8. The molecule has 0 bridgehead atoms. The van der Waals surface area contributed by atoms with Crippen molar-refractivity contribution in [2.75, 3.05) is 39.3 Å². The first-order valence-corrected chi connectivity index (χ1v) is 7.89. The Morgan fingerprint density at radius 2 is 1.50 bits per heavy atom. The fraction of sp³-hybridized carbons (Fsp3) is 1.00. The summed E-state index contributed by atoms with van der Waals surface area (Å²) >= 11 is 0. The van der Waals surface area contributed by atoms with Crippen LogP contribution >= 0.6 is 0 Å². The highest BCUT2D eigenvalue weighted by Crippen LogP contribution is 2.09. The van der Waals surface area contributed by atoms with Crippen molar-refractivity contribution in [1.29, 1.82) is 0 Å². The number of hydrogen-bond acceptors (Lipinski definition) is 3. The predicted octanol–water partition coefficient (Wildman–Crippen LogP) is 2.35. The minimum Gasteiger partial charge on any atom is -0.393 e. The lowest BCUT2D eigenvalue weighted by atomic mass is 10.1. The van der Waals surface area contributed by atoms with Crippen molar-refractivity contribution in [3.63, 3.8) is 0 Å². The van der Waals surface area contributed by atoms with Crippen LogP contribution in [0.2, 0.25) is 0 Å². The first-order valence-electron chi connectivity index (χ1n) is 7.89. The zero-order valence-corrected chi connectivity index (χ0v) is 12.4. The molecule has 1 rings (SSSR count). The summed E-state index contributed by atoms with van der Waals surface area (Å²) < 4.78 is 0. The standard InChI is InChI=1S/C15H32N2O/c1-3-5-8-15(18)9-6-7-10-17-13-11-16(4-2)12-14-17/h15,18H,3-14H2,1-2H3/t15-/m1/s1. The van der Waals surface area contributed by atoms with Crippen LogP contribution in [0.3, 0.4) is 0 Å². The van der Waals surface area contributed by atoms with Gasteiger partial charge < -0.3 is 14.9 Å². The van der Waals surface area contributed by atoms with Crippen LogP contribution in [-0.4, -0.2) is 60.3 Å². The van der Waals surface area contributed by atoms with Gasteiger partial charge in [0.25, 0.3) is 0 Å². The number of nitrogens with zero attached hydrogens (tertiary/aromatic N) is 2. The molecule has 3 heteroatoms. The fourth-order valence-electron chi connectivity index (χ4n) is 2.63. The highest BCUT2D eigenvalue weighted by atomic mass is 16.3. The predicted molar refractivity (Wildman–Crippen MR) is 77.9 cm³/mol. The largest absolute Gasteiger partial charge is 0.393 e. The second kappa shape index (κ2) is 9.76. The number of hydrogen-bond donors (Lipinski definition) is 1. The topological polar surface area (TPSA) is 26.7 Å². The maximum absolute atomic E-state index is 9.76. The number of aliphatic hydroxyl groups excluding tert-OH is 1. The Labute approximate surface area is 113 Å². The van der Waals surface area contributed by atoms with E-state index in [2.05, 4.69) is 23.6 Å². The summed E-state index contributed by atoms with van der Waals surface area (Å²) in [5.74, 6) is 0. The van der Waals surface area contributed by atoms with E-state index in [9.17, 15) is 5.11 Å². The van der Waals surface area contributed by atoms with Gasteiger partial charge in [-0.3, -0.25) is 0 Å². The molecule has 0 spiro atoms. The van der Waals surface area contributed by atoms with Crippen molar-refractivity contribution in [3.8, 4) is 0 Å². The van der Waals surface area contributed by atoms with Gasteiger partial charge in [-0.15, -0.1) is 0 Å². The Hall–Kier alpha value is -0.120. The summed E-state index contributed by atoms with van der Waals surface area (Å²) in [5.41, 5.74) is 0. The van der Waals surface area contributed by atoms with E-state index in [-0.39, 0.29) is 6.10 Å². The van der Waals surface area contributed by atoms with Gasteiger partial charge in [-0.05, 0) is 38.8 Å². The molecule has 18 heavy (non-hydrogen) atoms. The van der Waals surface area contributed by atoms with Gasteiger partial charge in [-0.1, -0.05) is 26.7 Å². The fourth-order valence-corrected chi connectivity index (χ4v) is 2.63. The van der Waals surface area contributed by atoms with Gasteiger partial charge in [0.1, 0.15) is 0 Å². The Balaban J connectivity index is 1.95. The van der Waals surface area contributed by atoms with E-state index in [4.69, 9.17) is 0 Å². The van der Waals surface area contributed by atoms with E-state index < -0.39 is 0 Å². The lowest BCUT2D eigenvalue weighted by molar-refractivity contribution is 0.127. The van der Waals surface area contributed by atoms with Crippen molar-refractivity contribution in [3.05, 3.63) is 0 Å². The van der Waals surface area contributed by atoms with Crippen LogP contribution in [0, 0.1) is 0 Å². The van der Waals surface area contributed by atoms with Crippen molar-refractivity contribution in [2.45, 2.75) is 58.5 Å². The van der Waals surface area contributed by atoms with E-state index >= 15 is 0 Å². The Bertz CT molecular complexity index is 191. The maximum atomic E-state index is 9.76. The van der Waals surface area contributed by atoms with Gasteiger partial charge in [0.15, 0.2) is 0 Å². The van der Waals surface area contributed by atoms with E-state index in [1.165, 1.54) is 65.0 Å². The molecular formula is C15H32N2O. The minimum atomic E-state index is -0.0538. The number of likely N-dealkylation sites (N-methyl/N-ethyl adjacent to an activating group) is 1. The molecule has 0 unspecified atom stereocenters. The first kappa shape index (κ1) is 15.9. The molecule has 0 radical (unpaired) electrons. The molecule has 3 nitrogen and oxygen atoms in total. The Kier molecular flexibility index (Phi) is 8.64. The molecule has 1 heterocycles. The van der Waals surface area contributed by atoms with E-state index in [0.29, 0.717) is 0 Å². The smallest absolute Gasteiger partial charge is 0.0540 e. The van der Waals surface area contributed by atoms with Gasteiger partial charge in [0, 0.05) is 26.2 Å². The normalized spacial score (nSPS) is 20.2. The molecule has 1 fully saturated rings. The molecule has 1 atom stereocenters. The summed E-state index contributed by atoms with van der Waals surface area (Å²) in [5, 5.41) is 9.76. The molecule has 0 aliphatic carbocycles. The van der Waals surface area contributed by atoms with Crippen molar-refractivity contribution < 1.29 is 5.11 Å². The van der Waals surface area contributed by atoms with Crippen LogP contribution in [0.25, 0.3) is 0 Å². The third kappa shape index (κ3) is 6.72. The van der Waals surface area contributed by atoms with Crippen LogP contribution < -0.4 is 0 Å². The summed E-state index contributed by atoms with van der Waals surface area (Å²) in [6, 6.07) is 0. The zero-order chi connectivity index (χ0) is 13.2. The molecule has 1 aliphatic heterocycles. The lowest BCUT2D eigenvalue weighted by Gasteiger charge is -2.34. The highest BCUT2D eigenvalue weighted by Gasteiger charge is 2.14. The monoisotopic (exact) mass is 256 g/mol. The van der Waals surface area contributed by atoms with Crippen LogP contribution in [0.1, 0.15) is 52.4 Å². The van der Waals surface area contributed by atoms with Gasteiger partial charge in [0.05, 0.1) is 6.10 Å². The van der Waals surface area contributed by atoms with Crippen LogP contribution in [0.5, 0.6) is 0 Å². The average molecular weight is 256 g/mol. The summed E-state index contributed by atoms with van der Waals surface area (Å²) in [7, 11) is 0. The van der Waals surface area contributed by atoms with Crippen molar-refractivity contribution in [2.24, 2.45) is 0 Å². The van der Waals surface area contributed by atoms with Gasteiger partial charge in [0.2, 0.25) is 0 Å². The van der Waals surface area contributed by atoms with Gasteiger partial charge in [-0.2, -0.15) is 0 Å². The molecular weight excluding hydrogens is 224 g/mol. The molecule has 1 N–H and O–H groups in total. The average Bonchev–Trinajstić information content (AvgIpc) is 2.42. The number of piperazine rings is 1. The maximum Gasteiger partial charge on any atom is 0.0540 e. The molecule has 108 valence electrons. The van der Waals surface area contributed by atoms with E-state index in [0.717, 1.165) is 12.8 Å². The highest BCUT2D eigenvalue weighted by molar-refractivity contribution is 4.70. The molecule has 0 amide bonds. The Morgan fingerprint density at radius 1 is 0.889 bits per heavy atom. The second-order valence-corrected chi connectivity index (χ2v) is 5.57. The SMILES string of the molecule is CCCC[C@@H](O)CCCCN1CCN(CC)CC1. The minimum absolute atomic E-state index is 0.0538. The molecule has 0 saturated carbocycles. The van der Waals surface area contributed by atoms with Crippen molar-refractivity contribution >= 4 is 0 Å². The van der Waals surface area contributed by atoms with Crippen molar-refractivity contribution in [1.82, 2.24) is 9.80 Å². The van der Waals surface area contributed by atoms with Crippen LogP contribution in [0.15, 0.2) is 0 Å². The third-order valence-corrected chi connectivity index (χ3v) is 4.06. The zero-order valence-electron chi connectivity index (χ0n) is 12.4. The van der Waals surface area contributed by atoms with Gasteiger partial charge in [-0.25, -0.2) is 0 Å². The lowest BCUT2D eigenvalue weighted by Crippen LogP contribution is -2.46. The second-order valence-electron chi connectivity index (χ2n) is 5.57. The summed E-state index contributed by atoms with van der Waals surface area (Å²) in [6.07, 6.45) is 6.72. The number of rotatable bonds is 9. The van der Waals surface area contributed by atoms with Gasteiger partial charge >= 0.3 is 0 Å². The molecule has 0 aromatic heterocycles. The van der Waals surface area contributed by atoms with E-state index in [1.54, 1.807) is 0 Å². The molecule has 0 aromatic rings. The number of aliphatic hydroxyl groups is 1. The summed E-state index contributed by atoms with van der Waals surface area (Å²) in [4.78, 5) is 5.09. The van der Waals surface area contributed by atoms with E-state index in [1.807, 2.05) is 0 Å². The molecule has 1 aliphatic rings.